The third-order valence-electron chi connectivity index (χ3n) is 1.80. The van der Waals surface area contributed by atoms with Crippen molar-refractivity contribution in [1.29, 1.82) is 5.26 Å². The van der Waals surface area contributed by atoms with Gasteiger partial charge in [-0.2, -0.15) is 5.26 Å². The van der Waals surface area contributed by atoms with Crippen molar-refractivity contribution >= 4 is 11.5 Å². The number of nitro groups is 1. The van der Waals surface area contributed by atoms with Crippen molar-refractivity contribution in [2.75, 3.05) is 0 Å². The summed E-state index contributed by atoms with van der Waals surface area (Å²) in [5, 5.41) is 18.7. The first-order chi connectivity index (χ1) is 7.13. The summed E-state index contributed by atoms with van der Waals surface area (Å²) in [7, 11) is 0. The molecule has 0 atom stereocenters. The number of carbonyl (C=O) groups is 1. The van der Waals surface area contributed by atoms with E-state index >= 15 is 0 Å². The van der Waals surface area contributed by atoms with Crippen LogP contribution in [0.5, 0.6) is 0 Å². The number of benzene rings is 1. The number of non-ortho nitro benzene ring substituents is 1. The molecule has 0 aliphatic carbocycles. The van der Waals surface area contributed by atoms with Gasteiger partial charge >= 0.3 is 0 Å². The van der Waals surface area contributed by atoms with E-state index in [0.717, 1.165) is 0 Å². The molecule has 0 fully saturated rings. The summed E-state index contributed by atoms with van der Waals surface area (Å²) in [5.41, 5.74) is 0.515. The highest BCUT2D eigenvalue weighted by Crippen LogP contribution is 2.13. The van der Waals surface area contributed by atoms with Gasteiger partial charge < -0.3 is 0 Å². The van der Waals surface area contributed by atoms with Gasteiger partial charge in [0.2, 0.25) is 0 Å². The van der Waals surface area contributed by atoms with Crippen LogP contribution in [-0.2, 0) is 11.2 Å². The van der Waals surface area contributed by atoms with Crippen molar-refractivity contribution in [1.82, 2.24) is 0 Å². The lowest BCUT2D eigenvalue weighted by Gasteiger charge is -1.97. The van der Waals surface area contributed by atoms with Crippen LogP contribution >= 0.6 is 0 Å². The predicted octanol–water partition coefficient (Wildman–Crippen LogP) is 1.62. The lowest BCUT2D eigenvalue weighted by molar-refractivity contribution is -0.384. The molecule has 0 saturated heterocycles. The van der Waals surface area contributed by atoms with Crippen molar-refractivity contribution in [2.24, 2.45) is 0 Å². The lowest BCUT2D eigenvalue weighted by Crippen LogP contribution is -2.01. The van der Waals surface area contributed by atoms with Crippen LogP contribution in [0.2, 0.25) is 0 Å². The highest BCUT2D eigenvalue weighted by Gasteiger charge is 2.08. The molecular formula is C10H8N2O3. The first kappa shape index (κ1) is 10.9. The van der Waals surface area contributed by atoms with E-state index in [9.17, 15) is 14.9 Å². The smallest absolute Gasteiger partial charge is 0.269 e. The second-order valence-corrected chi connectivity index (χ2v) is 2.98. The number of hydrogen-bond acceptors (Lipinski definition) is 4. The zero-order valence-corrected chi connectivity index (χ0v) is 7.84. The van der Waals surface area contributed by atoms with Gasteiger partial charge in [0, 0.05) is 18.6 Å². The largest absolute Gasteiger partial charge is 0.298 e. The molecule has 0 spiro atoms. The maximum Gasteiger partial charge on any atom is 0.269 e. The van der Waals surface area contributed by atoms with Crippen molar-refractivity contribution in [3.8, 4) is 6.07 Å². The van der Waals surface area contributed by atoms with E-state index in [1.54, 1.807) is 12.1 Å². The molecule has 0 N–H and O–H groups in total. The van der Waals surface area contributed by atoms with Gasteiger partial charge in [-0.15, -0.1) is 0 Å². The Morgan fingerprint density at radius 2 is 2.27 bits per heavy atom. The van der Waals surface area contributed by atoms with Crippen LogP contribution in [-0.4, -0.2) is 10.7 Å². The number of nitro benzene ring substituents is 1. The Balaban J connectivity index is 2.79. The zero-order chi connectivity index (χ0) is 11.3. The molecule has 0 saturated carbocycles. The molecular weight excluding hydrogens is 196 g/mol. The van der Waals surface area contributed by atoms with Crippen LogP contribution in [0.15, 0.2) is 24.3 Å². The number of ketones is 1. The molecule has 15 heavy (non-hydrogen) atoms. The number of carbonyl (C=O) groups excluding carboxylic acids is 1. The van der Waals surface area contributed by atoms with Gasteiger partial charge in [-0.1, -0.05) is 12.1 Å². The fourth-order valence-electron chi connectivity index (χ4n) is 1.16. The van der Waals surface area contributed by atoms with Crippen molar-refractivity contribution in [3.05, 3.63) is 39.9 Å². The fraction of sp³-hybridized carbons (Fsp3) is 0.200. The molecule has 0 aliphatic heterocycles. The van der Waals surface area contributed by atoms with E-state index in [4.69, 9.17) is 5.26 Å². The first-order valence-corrected chi connectivity index (χ1v) is 4.25. The maximum atomic E-state index is 11.1. The molecule has 1 rings (SSSR count). The molecule has 0 aromatic heterocycles. The third-order valence-corrected chi connectivity index (χ3v) is 1.80. The van der Waals surface area contributed by atoms with Gasteiger partial charge in [0.1, 0.15) is 0 Å². The number of nitriles is 1. The molecule has 0 amide bonds. The number of rotatable bonds is 4. The molecule has 0 heterocycles. The van der Waals surface area contributed by atoms with E-state index in [-0.39, 0.29) is 24.3 Å². The van der Waals surface area contributed by atoms with Crippen LogP contribution in [0.4, 0.5) is 5.69 Å². The summed E-state index contributed by atoms with van der Waals surface area (Å²) in [6, 6.07) is 7.59. The van der Waals surface area contributed by atoms with Gasteiger partial charge in [0.15, 0.2) is 5.78 Å². The first-order valence-electron chi connectivity index (χ1n) is 4.25. The molecule has 1 aromatic rings. The van der Waals surface area contributed by atoms with Gasteiger partial charge in [-0.3, -0.25) is 14.9 Å². The van der Waals surface area contributed by atoms with Crippen LogP contribution in [0.1, 0.15) is 12.0 Å². The van der Waals surface area contributed by atoms with Crippen LogP contribution in [0.25, 0.3) is 0 Å². The van der Waals surface area contributed by atoms with Crippen molar-refractivity contribution in [3.63, 3.8) is 0 Å². The number of hydrogen-bond donors (Lipinski definition) is 0. The minimum Gasteiger partial charge on any atom is -0.298 e. The maximum absolute atomic E-state index is 11.1. The molecule has 5 heteroatoms. The lowest BCUT2D eigenvalue weighted by atomic mass is 10.1. The number of Topliss-reactive ketones (excluding diaryl/α,β-unsaturated/α-hetero) is 1. The fourth-order valence-corrected chi connectivity index (χ4v) is 1.16. The molecule has 1 aromatic carbocycles. The molecule has 76 valence electrons. The van der Waals surface area contributed by atoms with Gasteiger partial charge in [0.25, 0.3) is 5.69 Å². The highest BCUT2D eigenvalue weighted by molar-refractivity contribution is 5.82. The normalized spacial score (nSPS) is 9.27. The average Bonchev–Trinajstić information content (AvgIpc) is 2.18. The van der Waals surface area contributed by atoms with E-state index in [1.807, 2.05) is 0 Å². The average molecular weight is 204 g/mol. The van der Waals surface area contributed by atoms with Gasteiger partial charge in [0.05, 0.1) is 17.4 Å². The Hall–Kier alpha value is -2.22. The Morgan fingerprint density at radius 3 is 2.87 bits per heavy atom. The Morgan fingerprint density at radius 1 is 1.53 bits per heavy atom. The van der Waals surface area contributed by atoms with Crippen LogP contribution in [0.3, 0.4) is 0 Å². The monoisotopic (exact) mass is 204 g/mol. The third kappa shape index (κ3) is 3.19. The summed E-state index contributed by atoms with van der Waals surface area (Å²) in [5.74, 6) is -0.238. The molecule has 0 aliphatic rings. The standard InChI is InChI=1S/C10H8N2O3/c11-5-4-10(13)7-8-2-1-3-9(6-8)12(14)15/h1-3,6H,4,7H2. The molecule has 0 radical (unpaired) electrons. The van der Waals surface area contributed by atoms with Gasteiger partial charge in [-0.25, -0.2) is 0 Å². The predicted molar refractivity (Wildman–Crippen MR) is 52.0 cm³/mol. The Bertz CT molecular complexity index is 435. The summed E-state index contributed by atoms with van der Waals surface area (Å²) < 4.78 is 0. The second kappa shape index (κ2) is 4.86. The summed E-state index contributed by atoms with van der Waals surface area (Å²) in [6.07, 6.45) is -0.0993. The Labute approximate surface area is 86.1 Å². The minimum absolute atomic E-state index is 0.0442. The number of nitrogens with zero attached hydrogens (tertiary/aromatic N) is 2. The highest BCUT2D eigenvalue weighted by atomic mass is 16.6. The van der Waals surface area contributed by atoms with Gasteiger partial charge in [-0.05, 0) is 5.56 Å². The topological polar surface area (TPSA) is 84.0 Å². The molecule has 0 bridgehead atoms. The molecule has 5 nitrogen and oxygen atoms in total. The van der Waals surface area contributed by atoms with Crippen LogP contribution < -0.4 is 0 Å². The zero-order valence-electron chi connectivity index (χ0n) is 7.84. The van der Waals surface area contributed by atoms with Crippen LogP contribution in [0, 0.1) is 21.4 Å². The second-order valence-electron chi connectivity index (χ2n) is 2.98. The minimum atomic E-state index is -0.516. The van der Waals surface area contributed by atoms with Crippen molar-refractivity contribution in [2.45, 2.75) is 12.8 Å². The van der Waals surface area contributed by atoms with E-state index in [2.05, 4.69) is 0 Å². The molecule has 0 unspecified atom stereocenters. The Kier molecular flexibility index (Phi) is 3.52. The quantitative estimate of drug-likeness (QED) is 0.551. The summed E-state index contributed by atoms with van der Waals surface area (Å²) in [6.45, 7) is 0. The van der Waals surface area contributed by atoms with E-state index in [1.165, 1.54) is 18.2 Å². The van der Waals surface area contributed by atoms with E-state index in [0.29, 0.717) is 5.56 Å². The SMILES string of the molecule is N#CCC(=O)Cc1cccc([N+](=O)[O-])c1. The summed E-state index contributed by atoms with van der Waals surface area (Å²) in [4.78, 5) is 21.0. The van der Waals surface area contributed by atoms with Crippen molar-refractivity contribution < 1.29 is 9.72 Å². The summed E-state index contributed by atoms with van der Waals surface area (Å²) >= 11 is 0. The van der Waals surface area contributed by atoms with E-state index < -0.39 is 4.92 Å².